The normalized spacial score (nSPS) is 22.8. The minimum absolute atomic E-state index is 0.0317. The van der Waals surface area contributed by atoms with Crippen molar-refractivity contribution in [3.05, 3.63) is 76.6 Å². The number of phenolic OH excluding ortho intramolecular Hbond substituents is 1. The minimum atomic E-state index is -0.173. The molecule has 6 rings (SSSR count). The molecule has 4 nitrogen and oxygen atoms in total. The van der Waals surface area contributed by atoms with Crippen molar-refractivity contribution in [2.24, 2.45) is 16.3 Å². The molecule has 0 unspecified atom stereocenters. The summed E-state index contributed by atoms with van der Waals surface area (Å²) >= 11 is 0. The third-order valence-corrected chi connectivity index (χ3v) is 8.45. The van der Waals surface area contributed by atoms with E-state index in [1.54, 1.807) is 0 Å². The molecule has 1 saturated carbocycles. The van der Waals surface area contributed by atoms with Gasteiger partial charge in [0, 0.05) is 23.5 Å². The first-order valence-electron chi connectivity index (χ1n) is 13.1. The molecule has 188 valence electrons. The molecule has 0 aliphatic heterocycles. The molecule has 2 bridgehead atoms. The topological polar surface area (TPSA) is 58.4 Å². The van der Waals surface area contributed by atoms with E-state index < -0.39 is 0 Å². The number of aromatic hydroxyl groups is 1. The second kappa shape index (κ2) is 8.26. The van der Waals surface area contributed by atoms with Crippen molar-refractivity contribution in [3.63, 3.8) is 0 Å². The fourth-order valence-electron chi connectivity index (χ4n) is 5.98. The SMILES string of the molecule is CC(C)(C)c1cc(C=N[C@@H]2c3nc(-c4ccccn4)ccc3[C@H]3C[C@@H]2C3(C)C)c(O)c(C(C)(C)C)c1. The number of aromatic nitrogens is 2. The average Bonchev–Trinajstić information content (AvgIpc) is 2.81. The Balaban J connectivity index is 1.61. The predicted molar refractivity (Wildman–Crippen MR) is 148 cm³/mol. The fraction of sp³-hybridized carbons (Fsp3) is 0.469. The largest absolute Gasteiger partial charge is 0.507 e. The van der Waals surface area contributed by atoms with Crippen molar-refractivity contribution >= 4 is 6.21 Å². The van der Waals surface area contributed by atoms with Crippen LogP contribution in [0.25, 0.3) is 11.4 Å². The second-order valence-electron chi connectivity index (χ2n) is 13.3. The maximum Gasteiger partial charge on any atom is 0.128 e. The Morgan fingerprint density at radius 1 is 0.972 bits per heavy atom. The summed E-state index contributed by atoms with van der Waals surface area (Å²) in [6.07, 6.45) is 4.84. The highest BCUT2D eigenvalue weighted by atomic mass is 16.3. The summed E-state index contributed by atoms with van der Waals surface area (Å²) in [5.74, 6) is 1.27. The van der Waals surface area contributed by atoms with Crippen molar-refractivity contribution in [1.29, 1.82) is 0 Å². The van der Waals surface area contributed by atoms with Crippen LogP contribution in [0.4, 0.5) is 0 Å². The molecule has 0 saturated heterocycles. The third-order valence-electron chi connectivity index (χ3n) is 8.45. The van der Waals surface area contributed by atoms with E-state index in [0.29, 0.717) is 17.6 Å². The molecular weight excluding hydrogens is 442 g/mol. The van der Waals surface area contributed by atoms with Gasteiger partial charge in [-0.15, -0.1) is 0 Å². The van der Waals surface area contributed by atoms with Gasteiger partial charge >= 0.3 is 0 Å². The summed E-state index contributed by atoms with van der Waals surface area (Å²) < 4.78 is 0. The van der Waals surface area contributed by atoms with Crippen LogP contribution in [0.15, 0.2) is 53.7 Å². The van der Waals surface area contributed by atoms with Crippen molar-refractivity contribution < 1.29 is 5.11 Å². The van der Waals surface area contributed by atoms with E-state index in [1.807, 2.05) is 30.6 Å². The summed E-state index contributed by atoms with van der Waals surface area (Å²) in [6.45, 7) is 17.8. The summed E-state index contributed by atoms with van der Waals surface area (Å²) in [7, 11) is 0. The van der Waals surface area contributed by atoms with Crippen molar-refractivity contribution in [1.82, 2.24) is 9.97 Å². The van der Waals surface area contributed by atoms with Gasteiger partial charge in [0.15, 0.2) is 0 Å². The standard InChI is InChI=1S/C32H39N3O/c1-30(2,3)20-15-19(29(36)24(16-20)31(4,5)6)18-34-28-23-17-22(32(23,7)8)21-12-13-26(35-27(21)28)25-11-9-10-14-33-25/h9-16,18,22-23,28,36H,17H2,1-8H3/t22-,23+,28+/m1/s1. The highest BCUT2D eigenvalue weighted by molar-refractivity contribution is 5.85. The first-order valence-corrected chi connectivity index (χ1v) is 13.1. The van der Waals surface area contributed by atoms with Crippen LogP contribution in [0.2, 0.25) is 0 Å². The van der Waals surface area contributed by atoms with Gasteiger partial charge in [0.2, 0.25) is 0 Å². The molecule has 0 radical (unpaired) electrons. The van der Waals surface area contributed by atoms with Crippen LogP contribution in [0.3, 0.4) is 0 Å². The van der Waals surface area contributed by atoms with Gasteiger partial charge in [0.25, 0.3) is 0 Å². The Hall–Kier alpha value is -3.01. The number of pyridine rings is 2. The third kappa shape index (κ3) is 4.05. The fourth-order valence-corrected chi connectivity index (χ4v) is 5.98. The van der Waals surface area contributed by atoms with Gasteiger partial charge in [0.1, 0.15) is 5.75 Å². The summed E-state index contributed by atoms with van der Waals surface area (Å²) in [5.41, 5.74) is 7.07. The van der Waals surface area contributed by atoms with Crippen LogP contribution in [-0.2, 0) is 10.8 Å². The minimum Gasteiger partial charge on any atom is -0.507 e. The molecule has 0 amide bonds. The zero-order valence-electron chi connectivity index (χ0n) is 22.9. The lowest BCUT2D eigenvalue weighted by Gasteiger charge is -2.59. The lowest BCUT2D eigenvalue weighted by atomic mass is 9.46. The highest BCUT2D eigenvalue weighted by Gasteiger charge is 2.57. The van der Waals surface area contributed by atoms with Crippen molar-refractivity contribution in [2.45, 2.75) is 84.6 Å². The molecule has 4 heteroatoms. The molecule has 1 fully saturated rings. The number of aliphatic imine (C=N–C) groups is 1. The average molecular weight is 482 g/mol. The number of hydrogen-bond donors (Lipinski definition) is 1. The van der Waals surface area contributed by atoms with Gasteiger partial charge in [-0.3, -0.25) is 9.98 Å². The lowest BCUT2D eigenvalue weighted by Crippen LogP contribution is -2.50. The van der Waals surface area contributed by atoms with Crippen LogP contribution in [0, 0.1) is 11.3 Å². The van der Waals surface area contributed by atoms with Crippen LogP contribution in [-0.4, -0.2) is 21.3 Å². The van der Waals surface area contributed by atoms with Crippen LogP contribution in [0.1, 0.15) is 102 Å². The monoisotopic (exact) mass is 481 g/mol. The van der Waals surface area contributed by atoms with Crippen LogP contribution >= 0.6 is 0 Å². The van der Waals surface area contributed by atoms with Gasteiger partial charge in [-0.25, -0.2) is 4.98 Å². The van der Waals surface area contributed by atoms with Crippen molar-refractivity contribution in [3.8, 4) is 17.1 Å². The molecule has 2 heterocycles. The molecule has 3 aliphatic rings. The number of rotatable bonds is 3. The Kier molecular flexibility index (Phi) is 5.66. The quantitative estimate of drug-likeness (QED) is 0.389. The maximum atomic E-state index is 11.3. The van der Waals surface area contributed by atoms with Gasteiger partial charge in [-0.05, 0) is 69.9 Å². The maximum absolute atomic E-state index is 11.3. The number of benzene rings is 1. The first-order chi connectivity index (χ1) is 16.8. The molecule has 1 aromatic carbocycles. The molecule has 36 heavy (non-hydrogen) atoms. The molecule has 2 aromatic heterocycles. The number of nitrogens with zero attached hydrogens (tertiary/aromatic N) is 3. The summed E-state index contributed by atoms with van der Waals surface area (Å²) in [6, 6.07) is 14.5. The van der Waals surface area contributed by atoms with E-state index in [9.17, 15) is 5.11 Å². The molecule has 3 aliphatic carbocycles. The Labute approximate surface area is 216 Å². The number of hydrogen-bond acceptors (Lipinski definition) is 4. The van der Waals surface area contributed by atoms with Crippen LogP contribution in [0.5, 0.6) is 5.75 Å². The molecule has 0 spiro atoms. The van der Waals surface area contributed by atoms with Gasteiger partial charge in [-0.1, -0.05) is 73.6 Å². The smallest absolute Gasteiger partial charge is 0.128 e. The van der Waals surface area contributed by atoms with Gasteiger partial charge in [-0.2, -0.15) is 0 Å². The van der Waals surface area contributed by atoms with E-state index in [4.69, 9.17) is 9.98 Å². The summed E-state index contributed by atoms with van der Waals surface area (Å²) in [5, 5.41) is 11.3. The van der Waals surface area contributed by atoms with E-state index in [0.717, 1.165) is 34.6 Å². The number of phenols is 1. The second-order valence-corrected chi connectivity index (χ2v) is 13.3. The van der Waals surface area contributed by atoms with E-state index >= 15 is 0 Å². The summed E-state index contributed by atoms with van der Waals surface area (Å²) in [4.78, 5) is 14.8. The molecule has 3 aromatic rings. The van der Waals surface area contributed by atoms with Gasteiger partial charge in [0.05, 0.1) is 23.1 Å². The van der Waals surface area contributed by atoms with E-state index in [2.05, 4.69) is 84.6 Å². The molecule has 3 atom stereocenters. The zero-order chi connectivity index (χ0) is 26.0. The molecular formula is C32H39N3O. The lowest BCUT2D eigenvalue weighted by molar-refractivity contribution is -0.00506. The van der Waals surface area contributed by atoms with E-state index in [1.165, 1.54) is 11.1 Å². The predicted octanol–water partition coefficient (Wildman–Crippen LogP) is 7.75. The Bertz CT molecular complexity index is 1330. The van der Waals surface area contributed by atoms with Crippen LogP contribution < -0.4 is 0 Å². The van der Waals surface area contributed by atoms with E-state index in [-0.39, 0.29) is 22.3 Å². The van der Waals surface area contributed by atoms with Gasteiger partial charge < -0.3 is 5.11 Å². The highest BCUT2D eigenvalue weighted by Crippen LogP contribution is 2.66. The van der Waals surface area contributed by atoms with Crippen molar-refractivity contribution in [2.75, 3.05) is 0 Å². The Morgan fingerprint density at radius 2 is 1.72 bits per heavy atom. The Morgan fingerprint density at radius 3 is 2.33 bits per heavy atom. The first kappa shape index (κ1) is 24.7. The molecule has 1 N–H and O–H groups in total. The zero-order valence-corrected chi connectivity index (χ0v) is 22.9.